The minimum Gasteiger partial charge on any atom is -0.468 e. The molecule has 0 radical (unpaired) electrons. The molecule has 0 aliphatic carbocycles. The minimum atomic E-state index is -3.83. The van der Waals surface area contributed by atoms with Crippen LogP contribution in [0.3, 0.4) is 0 Å². The van der Waals surface area contributed by atoms with Gasteiger partial charge in [0.25, 0.3) is 0 Å². The average molecular weight is 239 g/mol. The van der Waals surface area contributed by atoms with Crippen LogP contribution in [0.25, 0.3) is 0 Å². The van der Waals surface area contributed by atoms with Gasteiger partial charge in [0.05, 0.1) is 13.7 Å². The lowest BCUT2D eigenvalue weighted by molar-refractivity contribution is -0.140. The number of nitrogens with one attached hydrogen (secondary N) is 1. The predicted molar refractivity (Wildman–Crippen MR) is 50.4 cm³/mol. The van der Waals surface area contributed by atoms with Gasteiger partial charge in [-0.05, 0) is 6.92 Å². The Bertz CT molecular complexity index is 322. The fraction of sp³-hybridized carbons (Fsp3) is 0.714. The van der Waals surface area contributed by atoms with Crippen molar-refractivity contribution < 1.29 is 27.5 Å². The molecule has 0 aliphatic heterocycles. The second-order valence-corrected chi connectivity index (χ2v) is 4.27. The van der Waals surface area contributed by atoms with Crippen LogP contribution in [-0.2, 0) is 29.1 Å². The summed E-state index contributed by atoms with van der Waals surface area (Å²) >= 11 is 0. The zero-order valence-electron chi connectivity index (χ0n) is 8.48. The molecule has 0 aliphatic rings. The zero-order valence-corrected chi connectivity index (χ0v) is 9.30. The summed E-state index contributed by atoms with van der Waals surface area (Å²) in [6, 6.07) is 0. The van der Waals surface area contributed by atoms with E-state index in [9.17, 15) is 18.0 Å². The largest absolute Gasteiger partial charge is 0.468 e. The summed E-state index contributed by atoms with van der Waals surface area (Å²) in [6.07, 6.45) is 0. The van der Waals surface area contributed by atoms with Crippen molar-refractivity contribution >= 4 is 22.0 Å². The van der Waals surface area contributed by atoms with Gasteiger partial charge in [0.1, 0.15) is 6.54 Å². The van der Waals surface area contributed by atoms with Gasteiger partial charge in [-0.25, -0.2) is 13.1 Å². The molecule has 88 valence electrons. The van der Waals surface area contributed by atoms with Crippen LogP contribution < -0.4 is 4.72 Å². The first-order valence-corrected chi connectivity index (χ1v) is 5.76. The Hall–Kier alpha value is -1.15. The lowest BCUT2D eigenvalue weighted by Gasteiger charge is -2.04. The fourth-order valence-electron chi connectivity index (χ4n) is 0.650. The number of ether oxygens (including phenoxy) is 2. The van der Waals surface area contributed by atoms with Crippen molar-refractivity contribution in [3.63, 3.8) is 0 Å². The molecule has 0 bridgehead atoms. The molecule has 0 saturated heterocycles. The fourth-order valence-corrected chi connectivity index (χ4v) is 1.48. The number of carbonyl (C=O) groups excluding carboxylic acids is 2. The van der Waals surface area contributed by atoms with Crippen LogP contribution in [0, 0.1) is 0 Å². The number of methoxy groups -OCH3 is 1. The Morgan fingerprint density at radius 3 is 2.33 bits per heavy atom. The molecule has 0 fully saturated rings. The Morgan fingerprint density at radius 2 is 1.87 bits per heavy atom. The van der Waals surface area contributed by atoms with Gasteiger partial charge in [-0.15, -0.1) is 0 Å². The molecule has 7 nitrogen and oxygen atoms in total. The summed E-state index contributed by atoms with van der Waals surface area (Å²) in [5.41, 5.74) is 0. The van der Waals surface area contributed by atoms with Gasteiger partial charge in [0, 0.05) is 0 Å². The first-order chi connectivity index (χ1) is 6.91. The molecule has 0 rings (SSSR count). The van der Waals surface area contributed by atoms with E-state index in [0.717, 1.165) is 7.11 Å². The highest BCUT2D eigenvalue weighted by Crippen LogP contribution is 1.88. The maximum absolute atomic E-state index is 11.1. The Kier molecular flexibility index (Phi) is 5.87. The molecular weight excluding hydrogens is 226 g/mol. The van der Waals surface area contributed by atoms with Crippen molar-refractivity contribution in [2.24, 2.45) is 0 Å². The Morgan fingerprint density at radius 1 is 1.27 bits per heavy atom. The molecule has 0 amide bonds. The van der Waals surface area contributed by atoms with Crippen molar-refractivity contribution in [2.75, 3.05) is 26.0 Å². The molecule has 0 heterocycles. The summed E-state index contributed by atoms with van der Waals surface area (Å²) in [7, 11) is -2.71. The van der Waals surface area contributed by atoms with E-state index < -0.39 is 34.3 Å². The topological polar surface area (TPSA) is 98.8 Å². The van der Waals surface area contributed by atoms with Gasteiger partial charge >= 0.3 is 11.9 Å². The highest BCUT2D eigenvalue weighted by molar-refractivity contribution is 7.90. The SMILES string of the molecule is CCOC(=O)CS(=O)(=O)NCC(=O)OC. The van der Waals surface area contributed by atoms with Crippen molar-refractivity contribution in [1.29, 1.82) is 0 Å². The van der Waals surface area contributed by atoms with Gasteiger partial charge in [-0.2, -0.15) is 0 Å². The number of esters is 2. The molecule has 0 aromatic carbocycles. The van der Waals surface area contributed by atoms with Crippen LogP contribution in [0.1, 0.15) is 6.92 Å². The molecule has 8 heteroatoms. The summed E-state index contributed by atoms with van der Waals surface area (Å²) < 4.78 is 32.8. The van der Waals surface area contributed by atoms with Crippen LogP contribution in [0.15, 0.2) is 0 Å². The van der Waals surface area contributed by atoms with Gasteiger partial charge in [0.15, 0.2) is 5.75 Å². The minimum absolute atomic E-state index is 0.103. The van der Waals surface area contributed by atoms with Gasteiger partial charge < -0.3 is 9.47 Å². The molecule has 0 unspecified atom stereocenters. The van der Waals surface area contributed by atoms with Crippen molar-refractivity contribution in [3.8, 4) is 0 Å². The average Bonchev–Trinajstić information content (AvgIpc) is 2.13. The Labute approximate surface area is 87.8 Å². The van der Waals surface area contributed by atoms with E-state index in [4.69, 9.17) is 0 Å². The second-order valence-electron chi connectivity index (χ2n) is 2.46. The maximum atomic E-state index is 11.1. The van der Waals surface area contributed by atoms with E-state index in [1.807, 2.05) is 4.72 Å². The number of hydrogen-bond acceptors (Lipinski definition) is 6. The van der Waals surface area contributed by atoms with Crippen molar-refractivity contribution in [2.45, 2.75) is 6.92 Å². The maximum Gasteiger partial charge on any atom is 0.322 e. The molecule has 0 saturated carbocycles. The van der Waals surface area contributed by atoms with Gasteiger partial charge in [-0.1, -0.05) is 0 Å². The summed E-state index contributed by atoms with van der Waals surface area (Å²) in [5, 5.41) is 0. The van der Waals surface area contributed by atoms with Crippen LogP contribution in [0.5, 0.6) is 0 Å². The standard InChI is InChI=1S/C7H13NO6S/c1-3-14-7(10)5-15(11,12)8-4-6(9)13-2/h8H,3-5H2,1-2H3. The highest BCUT2D eigenvalue weighted by atomic mass is 32.2. The van der Waals surface area contributed by atoms with E-state index in [0.29, 0.717) is 0 Å². The third-order valence-electron chi connectivity index (χ3n) is 1.28. The monoisotopic (exact) mass is 239 g/mol. The second kappa shape index (κ2) is 6.36. The van der Waals surface area contributed by atoms with E-state index in [1.54, 1.807) is 6.92 Å². The first-order valence-electron chi connectivity index (χ1n) is 4.11. The molecule has 15 heavy (non-hydrogen) atoms. The lowest BCUT2D eigenvalue weighted by Crippen LogP contribution is -2.35. The van der Waals surface area contributed by atoms with Crippen LogP contribution in [-0.4, -0.2) is 46.4 Å². The van der Waals surface area contributed by atoms with Crippen LogP contribution in [0.2, 0.25) is 0 Å². The molecule has 0 aromatic rings. The van der Waals surface area contributed by atoms with E-state index in [1.165, 1.54) is 0 Å². The summed E-state index contributed by atoms with van der Waals surface area (Å²) in [6.45, 7) is 1.16. The number of carbonyl (C=O) groups is 2. The number of hydrogen-bond donors (Lipinski definition) is 1. The van der Waals surface area contributed by atoms with Crippen molar-refractivity contribution in [1.82, 2.24) is 4.72 Å². The molecule has 1 N–H and O–H groups in total. The normalized spacial score (nSPS) is 10.8. The third kappa shape index (κ3) is 6.86. The number of rotatable bonds is 6. The van der Waals surface area contributed by atoms with E-state index in [-0.39, 0.29) is 6.61 Å². The molecule has 0 atom stereocenters. The zero-order chi connectivity index (χ0) is 11.9. The molecule has 0 aromatic heterocycles. The lowest BCUT2D eigenvalue weighted by atomic mass is 10.7. The van der Waals surface area contributed by atoms with Crippen LogP contribution in [0.4, 0.5) is 0 Å². The summed E-state index contributed by atoms with van der Waals surface area (Å²) in [4.78, 5) is 21.4. The van der Waals surface area contributed by atoms with Gasteiger partial charge in [0.2, 0.25) is 10.0 Å². The highest BCUT2D eigenvalue weighted by Gasteiger charge is 2.18. The van der Waals surface area contributed by atoms with Gasteiger partial charge in [-0.3, -0.25) is 9.59 Å². The molecule has 0 spiro atoms. The smallest absolute Gasteiger partial charge is 0.322 e. The van der Waals surface area contributed by atoms with E-state index >= 15 is 0 Å². The van der Waals surface area contributed by atoms with E-state index in [2.05, 4.69) is 9.47 Å². The molecular formula is C7H13NO6S. The van der Waals surface area contributed by atoms with Crippen molar-refractivity contribution in [3.05, 3.63) is 0 Å². The first kappa shape index (κ1) is 13.8. The third-order valence-corrected chi connectivity index (χ3v) is 2.48. The number of sulfonamides is 1. The predicted octanol–water partition coefficient (Wildman–Crippen LogP) is -1.36. The quantitative estimate of drug-likeness (QED) is 0.575. The summed E-state index contributed by atoms with van der Waals surface area (Å²) in [5.74, 6) is -2.41. The Balaban J connectivity index is 4.08. The van der Waals surface area contributed by atoms with Crippen LogP contribution >= 0.6 is 0 Å².